The minimum Gasteiger partial charge on any atom is -0.454 e. The number of carbonyl (C=O) groups excluding carboxylic acids is 1. The predicted molar refractivity (Wildman–Crippen MR) is 88.0 cm³/mol. The summed E-state index contributed by atoms with van der Waals surface area (Å²) in [7, 11) is 0. The van der Waals surface area contributed by atoms with E-state index in [1.54, 1.807) is 12.1 Å². The summed E-state index contributed by atoms with van der Waals surface area (Å²) in [5.41, 5.74) is 0.433. The highest BCUT2D eigenvalue weighted by Gasteiger charge is 2.20. The second-order valence-electron chi connectivity index (χ2n) is 5.56. The summed E-state index contributed by atoms with van der Waals surface area (Å²) in [4.78, 5) is 21.5. The third kappa shape index (κ3) is 4.07. The molecule has 7 heteroatoms. The van der Waals surface area contributed by atoms with Crippen molar-refractivity contribution in [2.75, 3.05) is 5.32 Å². The summed E-state index contributed by atoms with van der Waals surface area (Å²) >= 11 is 0. The SMILES string of the molecule is CC(=O)Nc1cc(F)c(Oc2ccc(C(C)C)cc2)cc1[N+](=O)[O-]. The van der Waals surface area contributed by atoms with Crippen LogP contribution < -0.4 is 10.1 Å². The van der Waals surface area contributed by atoms with Gasteiger partial charge in [-0.1, -0.05) is 26.0 Å². The number of amides is 1. The van der Waals surface area contributed by atoms with Gasteiger partial charge in [-0.05, 0) is 23.6 Å². The first kappa shape index (κ1) is 17.4. The Kier molecular flexibility index (Phi) is 5.13. The lowest BCUT2D eigenvalue weighted by molar-refractivity contribution is -0.384. The Morgan fingerprint density at radius 3 is 2.38 bits per heavy atom. The Morgan fingerprint density at radius 2 is 1.88 bits per heavy atom. The maximum Gasteiger partial charge on any atom is 0.296 e. The van der Waals surface area contributed by atoms with Gasteiger partial charge in [-0.3, -0.25) is 14.9 Å². The molecule has 24 heavy (non-hydrogen) atoms. The van der Waals surface area contributed by atoms with Crippen molar-refractivity contribution < 1.29 is 18.8 Å². The van der Waals surface area contributed by atoms with Crippen LogP contribution in [0, 0.1) is 15.9 Å². The van der Waals surface area contributed by atoms with E-state index in [4.69, 9.17) is 4.74 Å². The van der Waals surface area contributed by atoms with Crippen LogP contribution in [-0.4, -0.2) is 10.8 Å². The van der Waals surface area contributed by atoms with Crippen molar-refractivity contribution in [2.45, 2.75) is 26.7 Å². The van der Waals surface area contributed by atoms with Crippen LogP contribution >= 0.6 is 0 Å². The molecule has 2 rings (SSSR count). The molecule has 0 saturated heterocycles. The molecule has 0 unspecified atom stereocenters. The molecule has 0 saturated carbocycles. The van der Waals surface area contributed by atoms with E-state index in [-0.39, 0.29) is 11.4 Å². The second-order valence-corrected chi connectivity index (χ2v) is 5.56. The van der Waals surface area contributed by atoms with Crippen LogP contribution in [0.4, 0.5) is 15.8 Å². The van der Waals surface area contributed by atoms with Crippen molar-refractivity contribution in [1.82, 2.24) is 0 Å². The zero-order valence-electron chi connectivity index (χ0n) is 13.5. The lowest BCUT2D eigenvalue weighted by atomic mass is 10.0. The summed E-state index contributed by atoms with van der Waals surface area (Å²) < 4.78 is 19.5. The van der Waals surface area contributed by atoms with Crippen LogP contribution in [0.1, 0.15) is 32.3 Å². The van der Waals surface area contributed by atoms with Crippen molar-refractivity contribution in [3.05, 3.63) is 57.9 Å². The highest BCUT2D eigenvalue weighted by Crippen LogP contribution is 2.34. The number of nitrogens with zero attached hydrogens (tertiary/aromatic N) is 1. The molecule has 0 aliphatic rings. The highest BCUT2D eigenvalue weighted by molar-refractivity contribution is 5.91. The first-order valence-electron chi connectivity index (χ1n) is 7.31. The lowest BCUT2D eigenvalue weighted by Gasteiger charge is -2.11. The van der Waals surface area contributed by atoms with Crippen molar-refractivity contribution in [2.24, 2.45) is 0 Å². The number of rotatable bonds is 5. The molecular formula is C17H17FN2O4. The molecule has 0 atom stereocenters. The van der Waals surface area contributed by atoms with Crippen LogP contribution in [-0.2, 0) is 4.79 Å². The number of anilines is 1. The molecule has 1 N–H and O–H groups in total. The summed E-state index contributed by atoms with van der Waals surface area (Å²) in [5.74, 6) is -0.922. The molecule has 0 radical (unpaired) electrons. The van der Waals surface area contributed by atoms with Gasteiger partial charge in [-0.15, -0.1) is 0 Å². The van der Waals surface area contributed by atoms with Gasteiger partial charge in [0, 0.05) is 13.0 Å². The molecule has 0 bridgehead atoms. The van der Waals surface area contributed by atoms with E-state index in [9.17, 15) is 19.3 Å². The van der Waals surface area contributed by atoms with Gasteiger partial charge in [-0.25, -0.2) is 4.39 Å². The number of nitro benzene ring substituents is 1. The van der Waals surface area contributed by atoms with E-state index in [0.29, 0.717) is 11.7 Å². The van der Waals surface area contributed by atoms with Gasteiger partial charge in [-0.2, -0.15) is 0 Å². The normalized spacial score (nSPS) is 10.5. The molecule has 2 aromatic carbocycles. The molecule has 2 aromatic rings. The molecule has 0 heterocycles. The number of carbonyl (C=O) groups is 1. The Balaban J connectivity index is 2.34. The van der Waals surface area contributed by atoms with Crippen LogP contribution in [0.2, 0.25) is 0 Å². The summed E-state index contributed by atoms with van der Waals surface area (Å²) in [6.07, 6.45) is 0. The minimum absolute atomic E-state index is 0.215. The van der Waals surface area contributed by atoms with E-state index in [2.05, 4.69) is 5.32 Å². The number of hydrogen-bond donors (Lipinski definition) is 1. The van der Waals surface area contributed by atoms with Gasteiger partial charge in [0.2, 0.25) is 5.91 Å². The number of benzene rings is 2. The molecule has 1 amide bonds. The molecule has 0 fully saturated rings. The largest absolute Gasteiger partial charge is 0.454 e. The van der Waals surface area contributed by atoms with E-state index in [1.165, 1.54) is 6.92 Å². The molecule has 6 nitrogen and oxygen atoms in total. The Bertz CT molecular complexity index is 773. The standard InChI is InChI=1S/C17H17FN2O4/c1-10(2)12-4-6-13(7-5-12)24-17-9-16(20(22)23)15(8-14(17)18)19-11(3)21/h4-10H,1-3H3,(H,19,21). The van der Waals surface area contributed by atoms with Crippen molar-refractivity contribution in [3.8, 4) is 11.5 Å². The molecule has 0 aliphatic heterocycles. The lowest BCUT2D eigenvalue weighted by Crippen LogP contribution is -2.08. The van der Waals surface area contributed by atoms with Gasteiger partial charge in [0.15, 0.2) is 11.6 Å². The molecule has 0 spiro atoms. The monoisotopic (exact) mass is 332 g/mol. The zero-order valence-corrected chi connectivity index (χ0v) is 13.5. The van der Waals surface area contributed by atoms with Crippen LogP contribution in [0.3, 0.4) is 0 Å². The van der Waals surface area contributed by atoms with E-state index >= 15 is 0 Å². The fourth-order valence-corrected chi connectivity index (χ4v) is 2.11. The minimum atomic E-state index is -0.808. The Hall–Kier alpha value is -2.96. The number of nitro groups is 1. The molecule has 0 aromatic heterocycles. The van der Waals surface area contributed by atoms with Crippen molar-refractivity contribution in [1.29, 1.82) is 0 Å². The smallest absolute Gasteiger partial charge is 0.296 e. The van der Waals surface area contributed by atoms with E-state index in [1.807, 2.05) is 26.0 Å². The molecule has 126 valence electrons. The van der Waals surface area contributed by atoms with Crippen LogP contribution in [0.15, 0.2) is 36.4 Å². The average molecular weight is 332 g/mol. The molecular weight excluding hydrogens is 315 g/mol. The summed E-state index contributed by atoms with van der Waals surface area (Å²) in [6, 6.07) is 8.86. The van der Waals surface area contributed by atoms with Gasteiger partial charge in [0.05, 0.1) is 11.0 Å². The quantitative estimate of drug-likeness (QED) is 0.640. The third-order valence-corrected chi connectivity index (χ3v) is 3.33. The zero-order chi connectivity index (χ0) is 17.9. The van der Waals surface area contributed by atoms with Crippen LogP contribution in [0.25, 0.3) is 0 Å². The Morgan fingerprint density at radius 1 is 1.25 bits per heavy atom. The van der Waals surface area contributed by atoms with E-state index in [0.717, 1.165) is 17.7 Å². The second kappa shape index (κ2) is 7.08. The van der Waals surface area contributed by atoms with Crippen molar-refractivity contribution in [3.63, 3.8) is 0 Å². The fourth-order valence-electron chi connectivity index (χ4n) is 2.11. The van der Waals surface area contributed by atoms with Crippen molar-refractivity contribution >= 4 is 17.3 Å². The van der Waals surface area contributed by atoms with Gasteiger partial charge >= 0.3 is 0 Å². The van der Waals surface area contributed by atoms with Gasteiger partial charge in [0.25, 0.3) is 5.69 Å². The summed E-state index contributed by atoms with van der Waals surface area (Å²) in [6.45, 7) is 5.27. The average Bonchev–Trinajstić information content (AvgIpc) is 2.49. The van der Waals surface area contributed by atoms with Gasteiger partial charge < -0.3 is 10.1 Å². The first-order chi connectivity index (χ1) is 11.3. The third-order valence-electron chi connectivity index (χ3n) is 3.33. The number of nitrogens with one attached hydrogen (secondary N) is 1. The number of hydrogen-bond acceptors (Lipinski definition) is 4. The van der Waals surface area contributed by atoms with Gasteiger partial charge in [0.1, 0.15) is 11.4 Å². The Labute approximate surface area is 138 Å². The fraction of sp³-hybridized carbons (Fsp3) is 0.235. The first-order valence-corrected chi connectivity index (χ1v) is 7.31. The maximum atomic E-state index is 14.1. The molecule has 0 aliphatic carbocycles. The highest BCUT2D eigenvalue weighted by atomic mass is 19.1. The topological polar surface area (TPSA) is 81.5 Å². The number of halogens is 1. The van der Waals surface area contributed by atoms with Crippen LogP contribution in [0.5, 0.6) is 11.5 Å². The van der Waals surface area contributed by atoms with E-state index < -0.39 is 22.3 Å². The summed E-state index contributed by atoms with van der Waals surface area (Å²) in [5, 5.41) is 13.3. The number of ether oxygens (including phenoxy) is 1. The predicted octanol–water partition coefficient (Wildman–Crippen LogP) is 4.61. The maximum absolute atomic E-state index is 14.1.